The van der Waals surface area contributed by atoms with E-state index in [-0.39, 0.29) is 0 Å². The molecule has 0 saturated heterocycles. The fraction of sp³-hybridized carbons (Fsp3) is 0.538. The van der Waals surface area contributed by atoms with Gasteiger partial charge in [0, 0.05) is 23.1 Å². The molecule has 1 aromatic carbocycles. The van der Waals surface area contributed by atoms with Gasteiger partial charge in [0.25, 0.3) is 0 Å². The minimum Gasteiger partial charge on any atom is -0.496 e. The molecular formula is C13H18BrNO. The van der Waals surface area contributed by atoms with Gasteiger partial charge in [-0.25, -0.2) is 0 Å². The van der Waals surface area contributed by atoms with Crippen molar-refractivity contribution in [2.45, 2.75) is 19.4 Å². The Morgan fingerprint density at radius 2 is 2.19 bits per heavy atom. The van der Waals surface area contributed by atoms with E-state index in [9.17, 15) is 0 Å². The Labute approximate surface area is 106 Å². The average Bonchev–Trinajstić information content (AvgIpc) is 3.02. The Balaban J connectivity index is 2.02. The zero-order valence-corrected chi connectivity index (χ0v) is 11.5. The first kappa shape index (κ1) is 11.9. The molecule has 1 fully saturated rings. The lowest BCUT2D eigenvalue weighted by atomic mass is 10.2. The number of methoxy groups -OCH3 is 1. The fourth-order valence-electron chi connectivity index (χ4n) is 1.97. The minimum absolute atomic E-state index is 0.933. The highest BCUT2D eigenvalue weighted by Gasteiger charge is 2.23. The molecule has 1 aliphatic carbocycles. The molecule has 2 nitrogen and oxygen atoms in total. The molecule has 3 heteroatoms. The minimum atomic E-state index is 0.933. The molecule has 16 heavy (non-hydrogen) atoms. The molecule has 0 amide bonds. The van der Waals surface area contributed by atoms with Gasteiger partial charge in [0.2, 0.25) is 0 Å². The van der Waals surface area contributed by atoms with Crippen LogP contribution in [0.3, 0.4) is 0 Å². The van der Waals surface area contributed by atoms with Gasteiger partial charge in [0.05, 0.1) is 7.11 Å². The van der Waals surface area contributed by atoms with Crippen molar-refractivity contribution in [1.29, 1.82) is 0 Å². The van der Waals surface area contributed by atoms with Crippen LogP contribution in [0.25, 0.3) is 0 Å². The van der Waals surface area contributed by atoms with E-state index in [2.05, 4.69) is 33.9 Å². The first-order valence-electron chi connectivity index (χ1n) is 5.70. The molecule has 0 spiro atoms. The van der Waals surface area contributed by atoms with Crippen molar-refractivity contribution < 1.29 is 4.74 Å². The number of halogens is 1. The summed E-state index contributed by atoms with van der Waals surface area (Å²) in [5.41, 5.74) is 1.25. The number of rotatable bonds is 5. The van der Waals surface area contributed by atoms with Gasteiger partial charge in [0.1, 0.15) is 5.75 Å². The molecule has 2 rings (SSSR count). The zero-order valence-electron chi connectivity index (χ0n) is 9.87. The molecule has 1 aliphatic rings. The van der Waals surface area contributed by atoms with Crippen LogP contribution in [0.5, 0.6) is 5.75 Å². The van der Waals surface area contributed by atoms with Gasteiger partial charge in [-0.15, -0.1) is 0 Å². The maximum Gasteiger partial charge on any atom is 0.123 e. The summed E-state index contributed by atoms with van der Waals surface area (Å²) in [6.45, 7) is 2.16. The van der Waals surface area contributed by atoms with E-state index in [0.29, 0.717) is 0 Å². The molecular weight excluding hydrogens is 266 g/mol. The third-order valence-electron chi connectivity index (χ3n) is 2.95. The van der Waals surface area contributed by atoms with Crippen molar-refractivity contribution in [2.24, 2.45) is 5.92 Å². The largest absolute Gasteiger partial charge is 0.496 e. The lowest BCUT2D eigenvalue weighted by molar-refractivity contribution is 0.305. The molecule has 1 aromatic rings. The number of hydrogen-bond donors (Lipinski definition) is 0. The van der Waals surface area contributed by atoms with Crippen molar-refractivity contribution in [3.05, 3.63) is 28.2 Å². The fourth-order valence-corrected chi connectivity index (χ4v) is 2.38. The van der Waals surface area contributed by atoms with Gasteiger partial charge in [-0.1, -0.05) is 15.9 Å². The van der Waals surface area contributed by atoms with Crippen LogP contribution in [0.4, 0.5) is 0 Å². The summed E-state index contributed by atoms with van der Waals surface area (Å²) in [6.07, 6.45) is 2.81. The van der Waals surface area contributed by atoms with Gasteiger partial charge in [-0.2, -0.15) is 0 Å². The lowest BCUT2D eigenvalue weighted by Gasteiger charge is -2.18. The second-order valence-electron chi connectivity index (χ2n) is 4.60. The van der Waals surface area contributed by atoms with E-state index in [1.54, 1.807) is 7.11 Å². The van der Waals surface area contributed by atoms with Crippen LogP contribution in [-0.4, -0.2) is 25.6 Å². The first-order chi connectivity index (χ1) is 7.69. The Morgan fingerprint density at radius 3 is 2.81 bits per heavy atom. The van der Waals surface area contributed by atoms with Gasteiger partial charge in [-0.3, -0.25) is 0 Å². The van der Waals surface area contributed by atoms with Crippen LogP contribution in [0, 0.1) is 5.92 Å². The maximum atomic E-state index is 5.37. The van der Waals surface area contributed by atoms with Crippen LogP contribution >= 0.6 is 15.9 Å². The molecule has 0 bridgehead atoms. The summed E-state index contributed by atoms with van der Waals surface area (Å²) in [4.78, 5) is 2.38. The van der Waals surface area contributed by atoms with E-state index in [1.807, 2.05) is 12.1 Å². The quantitative estimate of drug-likeness (QED) is 0.822. The summed E-state index contributed by atoms with van der Waals surface area (Å²) in [5, 5.41) is 0. The summed E-state index contributed by atoms with van der Waals surface area (Å²) >= 11 is 3.50. The second-order valence-corrected chi connectivity index (χ2v) is 5.51. The van der Waals surface area contributed by atoms with E-state index in [1.165, 1.54) is 24.9 Å². The van der Waals surface area contributed by atoms with Crippen molar-refractivity contribution in [3.8, 4) is 5.75 Å². The van der Waals surface area contributed by atoms with Crippen LogP contribution in [0.2, 0.25) is 0 Å². The number of hydrogen-bond acceptors (Lipinski definition) is 2. The van der Waals surface area contributed by atoms with Gasteiger partial charge in [0.15, 0.2) is 0 Å². The van der Waals surface area contributed by atoms with Crippen LogP contribution in [0.1, 0.15) is 18.4 Å². The molecule has 0 atom stereocenters. The Kier molecular flexibility index (Phi) is 3.87. The molecule has 0 unspecified atom stereocenters. The van der Waals surface area contributed by atoms with Crippen LogP contribution < -0.4 is 4.74 Å². The monoisotopic (exact) mass is 283 g/mol. The average molecular weight is 284 g/mol. The highest BCUT2D eigenvalue weighted by molar-refractivity contribution is 9.10. The van der Waals surface area contributed by atoms with E-state index >= 15 is 0 Å². The number of nitrogens with zero attached hydrogens (tertiary/aromatic N) is 1. The summed E-state index contributed by atoms with van der Waals surface area (Å²) < 4.78 is 6.49. The first-order valence-corrected chi connectivity index (χ1v) is 6.49. The topological polar surface area (TPSA) is 12.5 Å². The molecule has 0 aromatic heterocycles. The van der Waals surface area contributed by atoms with Crippen molar-refractivity contribution in [1.82, 2.24) is 4.90 Å². The Morgan fingerprint density at radius 1 is 1.44 bits per heavy atom. The molecule has 0 N–H and O–H groups in total. The summed E-state index contributed by atoms with van der Waals surface area (Å²) in [6, 6.07) is 6.18. The SMILES string of the molecule is COc1ccc(Br)cc1CN(C)CC1CC1. The van der Waals surface area contributed by atoms with Gasteiger partial charge < -0.3 is 9.64 Å². The highest BCUT2D eigenvalue weighted by Crippen LogP contribution is 2.30. The summed E-state index contributed by atoms with van der Waals surface area (Å²) in [7, 11) is 3.91. The normalized spacial score (nSPS) is 15.5. The van der Waals surface area contributed by atoms with Crippen molar-refractivity contribution in [2.75, 3.05) is 20.7 Å². The van der Waals surface area contributed by atoms with Gasteiger partial charge in [-0.05, 0) is 44.0 Å². The lowest BCUT2D eigenvalue weighted by Crippen LogP contribution is -2.20. The van der Waals surface area contributed by atoms with Crippen LogP contribution in [-0.2, 0) is 6.54 Å². The third kappa shape index (κ3) is 3.22. The van der Waals surface area contributed by atoms with E-state index in [0.717, 1.165) is 22.7 Å². The van der Waals surface area contributed by atoms with E-state index in [4.69, 9.17) is 4.74 Å². The van der Waals surface area contributed by atoms with E-state index < -0.39 is 0 Å². The molecule has 0 heterocycles. The number of ether oxygens (including phenoxy) is 1. The maximum absolute atomic E-state index is 5.37. The summed E-state index contributed by atoms with van der Waals surface area (Å²) in [5.74, 6) is 1.91. The highest BCUT2D eigenvalue weighted by atomic mass is 79.9. The standard InChI is InChI=1S/C13H18BrNO/c1-15(8-10-3-4-10)9-11-7-12(14)5-6-13(11)16-2/h5-7,10H,3-4,8-9H2,1-2H3. The Hall–Kier alpha value is -0.540. The van der Waals surface area contributed by atoms with Gasteiger partial charge >= 0.3 is 0 Å². The van der Waals surface area contributed by atoms with Crippen molar-refractivity contribution >= 4 is 15.9 Å². The second kappa shape index (κ2) is 5.19. The smallest absolute Gasteiger partial charge is 0.123 e. The molecule has 1 saturated carbocycles. The predicted molar refractivity (Wildman–Crippen MR) is 69.8 cm³/mol. The predicted octanol–water partition coefficient (Wildman–Crippen LogP) is 3.30. The molecule has 0 radical (unpaired) electrons. The Bertz CT molecular complexity index is 363. The van der Waals surface area contributed by atoms with Crippen molar-refractivity contribution in [3.63, 3.8) is 0 Å². The third-order valence-corrected chi connectivity index (χ3v) is 3.44. The molecule has 0 aliphatic heterocycles. The van der Waals surface area contributed by atoms with Crippen LogP contribution in [0.15, 0.2) is 22.7 Å². The molecule has 88 valence electrons. The zero-order chi connectivity index (χ0) is 11.5. The number of benzene rings is 1.